The molecule has 0 saturated carbocycles. The van der Waals surface area contributed by atoms with Crippen LogP contribution in [0.3, 0.4) is 0 Å². The molecule has 1 saturated heterocycles. The first kappa shape index (κ1) is 18.9. The van der Waals surface area contributed by atoms with E-state index in [-0.39, 0.29) is 5.95 Å². The van der Waals surface area contributed by atoms with E-state index in [2.05, 4.69) is 31.3 Å². The number of likely N-dealkylation sites (tertiary alicyclic amines) is 1. The van der Waals surface area contributed by atoms with Crippen LogP contribution in [0.1, 0.15) is 18.4 Å². The molecule has 154 valence electrons. The number of fused-ring (bicyclic) bond motifs is 1. The summed E-state index contributed by atoms with van der Waals surface area (Å²) >= 11 is 6.35. The normalized spacial score (nSPS) is 17.0. The lowest BCUT2D eigenvalue weighted by molar-refractivity contribution is 0.254. The van der Waals surface area contributed by atoms with Gasteiger partial charge in [-0.3, -0.25) is 4.90 Å². The van der Waals surface area contributed by atoms with Gasteiger partial charge in [0.05, 0.1) is 6.26 Å². The van der Waals surface area contributed by atoms with Crippen LogP contribution in [0.4, 0.5) is 11.8 Å². The Balaban J connectivity index is 1.30. The van der Waals surface area contributed by atoms with Gasteiger partial charge in [-0.1, -0.05) is 29.8 Å². The highest BCUT2D eigenvalue weighted by Crippen LogP contribution is 2.24. The molecule has 30 heavy (non-hydrogen) atoms. The minimum absolute atomic E-state index is 0.277. The zero-order valence-corrected chi connectivity index (χ0v) is 17.1. The van der Waals surface area contributed by atoms with Crippen molar-refractivity contribution in [3.8, 4) is 11.6 Å². The van der Waals surface area contributed by atoms with E-state index in [4.69, 9.17) is 21.8 Å². The van der Waals surface area contributed by atoms with Gasteiger partial charge in [-0.15, -0.1) is 5.10 Å². The summed E-state index contributed by atoms with van der Waals surface area (Å²) in [5.74, 6) is 2.03. The summed E-state index contributed by atoms with van der Waals surface area (Å²) < 4.78 is 6.89. The van der Waals surface area contributed by atoms with E-state index in [1.807, 2.05) is 30.3 Å². The monoisotopic (exact) mass is 423 g/mol. The number of nitrogens with zero attached hydrogens (tertiary/aromatic N) is 5. The Hall–Kier alpha value is -3.10. The molecule has 0 aliphatic carbocycles. The fourth-order valence-corrected chi connectivity index (χ4v) is 4.11. The van der Waals surface area contributed by atoms with Crippen molar-refractivity contribution in [2.75, 3.05) is 24.1 Å². The maximum absolute atomic E-state index is 6.35. The summed E-state index contributed by atoms with van der Waals surface area (Å²) in [5.41, 5.74) is 7.88. The molecular formula is C21H22ClN7O. The van der Waals surface area contributed by atoms with Gasteiger partial charge in [0.15, 0.2) is 11.4 Å². The second-order valence-corrected chi connectivity index (χ2v) is 7.83. The first-order valence-corrected chi connectivity index (χ1v) is 10.3. The summed E-state index contributed by atoms with van der Waals surface area (Å²) in [4.78, 5) is 11.4. The number of furan rings is 1. The van der Waals surface area contributed by atoms with E-state index >= 15 is 0 Å². The van der Waals surface area contributed by atoms with Crippen molar-refractivity contribution in [2.45, 2.75) is 25.4 Å². The summed E-state index contributed by atoms with van der Waals surface area (Å²) in [6.45, 7) is 2.67. The molecule has 0 spiro atoms. The predicted molar refractivity (Wildman–Crippen MR) is 116 cm³/mol. The molecule has 4 aromatic rings. The molecule has 3 N–H and O–H groups in total. The molecule has 1 aliphatic heterocycles. The second kappa shape index (κ2) is 7.97. The molecule has 9 heteroatoms. The molecule has 0 unspecified atom stereocenters. The first-order valence-electron chi connectivity index (χ1n) is 9.96. The van der Waals surface area contributed by atoms with E-state index in [0.717, 1.165) is 36.6 Å². The standard InChI is InChI=1S/C21H22ClN7O/c22-16-7-2-1-5-14(16)13-28-9-3-6-15(28)12-24-18-11-19-26-20(17-8-4-10-30-17)27-29(19)21(23)25-18/h1-2,4-5,7-8,10-11,15,24H,3,6,9,12-13H2,(H2,23,25)/t15-/m1/s1. The number of nitrogen functional groups attached to an aromatic ring is 1. The summed E-state index contributed by atoms with van der Waals surface area (Å²) in [5, 5.41) is 8.61. The lowest BCUT2D eigenvalue weighted by Crippen LogP contribution is -2.34. The van der Waals surface area contributed by atoms with Crippen LogP contribution in [0.5, 0.6) is 0 Å². The summed E-state index contributed by atoms with van der Waals surface area (Å²) in [7, 11) is 0. The molecule has 3 aromatic heterocycles. The predicted octanol–water partition coefficient (Wildman–Crippen LogP) is 3.70. The average Bonchev–Trinajstić information content (AvgIpc) is 3.49. The lowest BCUT2D eigenvalue weighted by atomic mass is 10.2. The summed E-state index contributed by atoms with van der Waals surface area (Å²) in [6.07, 6.45) is 3.89. The van der Waals surface area contributed by atoms with Crippen molar-refractivity contribution in [2.24, 2.45) is 0 Å². The smallest absolute Gasteiger partial charge is 0.225 e. The van der Waals surface area contributed by atoms with Crippen LogP contribution in [-0.2, 0) is 6.54 Å². The number of nitrogens with one attached hydrogen (secondary N) is 1. The minimum atomic E-state index is 0.277. The molecule has 1 aromatic carbocycles. The number of aromatic nitrogens is 4. The van der Waals surface area contributed by atoms with Gasteiger partial charge in [0.1, 0.15) is 5.82 Å². The molecule has 1 atom stereocenters. The molecule has 4 heterocycles. The zero-order valence-electron chi connectivity index (χ0n) is 16.3. The molecule has 0 amide bonds. The van der Waals surface area contributed by atoms with Gasteiger partial charge in [-0.25, -0.2) is 4.98 Å². The minimum Gasteiger partial charge on any atom is -0.461 e. The number of benzene rings is 1. The van der Waals surface area contributed by atoms with Crippen LogP contribution in [0.25, 0.3) is 17.2 Å². The molecular weight excluding hydrogens is 402 g/mol. The van der Waals surface area contributed by atoms with E-state index in [1.165, 1.54) is 10.9 Å². The third kappa shape index (κ3) is 3.71. The Kier molecular flexibility index (Phi) is 5.02. The Bertz CT molecular complexity index is 1160. The lowest BCUT2D eigenvalue weighted by Gasteiger charge is -2.25. The highest BCUT2D eigenvalue weighted by molar-refractivity contribution is 6.31. The number of anilines is 2. The van der Waals surface area contributed by atoms with Crippen LogP contribution >= 0.6 is 11.6 Å². The van der Waals surface area contributed by atoms with Gasteiger partial charge >= 0.3 is 0 Å². The zero-order chi connectivity index (χ0) is 20.5. The first-order chi connectivity index (χ1) is 14.7. The van der Waals surface area contributed by atoms with E-state index in [1.54, 1.807) is 12.3 Å². The van der Waals surface area contributed by atoms with Crippen molar-refractivity contribution < 1.29 is 4.42 Å². The van der Waals surface area contributed by atoms with Crippen LogP contribution < -0.4 is 11.1 Å². The maximum Gasteiger partial charge on any atom is 0.225 e. The number of nitrogens with two attached hydrogens (primary N) is 1. The average molecular weight is 424 g/mol. The SMILES string of the molecule is Nc1nc(NC[C@H]2CCCN2Cc2ccccc2Cl)cc2nc(-c3ccco3)nn12. The van der Waals surface area contributed by atoms with Gasteiger partial charge in [-0.2, -0.15) is 9.50 Å². The molecule has 5 rings (SSSR count). The third-order valence-electron chi connectivity index (χ3n) is 5.44. The van der Waals surface area contributed by atoms with Gasteiger partial charge in [0, 0.05) is 30.2 Å². The fraction of sp³-hybridized carbons (Fsp3) is 0.286. The van der Waals surface area contributed by atoms with Gasteiger partial charge in [0.25, 0.3) is 0 Å². The fourth-order valence-electron chi connectivity index (χ4n) is 3.91. The van der Waals surface area contributed by atoms with Crippen LogP contribution in [-0.4, -0.2) is 43.6 Å². The summed E-state index contributed by atoms with van der Waals surface area (Å²) in [6, 6.07) is 13.9. The van der Waals surface area contributed by atoms with Crippen LogP contribution in [0.2, 0.25) is 5.02 Å². The Morgan fingerprint density at radius 3 is 2.93 bits per heavy atom. The Morgan fingerprint density at radius 2 is 2.10 bits per heavy atom. The maximum atomic E-state index is 6.35. The van der Waals surface area contributed by atoms with Crippen molar-refractivity contribution >= 4 is 29.0 Å². The number of hydrogen-bond donors (Lipinski definition) is 2. The van der Waals surface area contributed by atoms with Crippen molar-refractivity contribution in [1.29, 1.82) is 0 Å². The van der Waals surface area contributed by atoms with Crippen LogP contribution in [0, 0.1) is 0 Å². The molecule has 0 bridgehead atoms. The van der Waals surface area contributed by atoms with E-state index in [0.29, 0.717) is 29.1 Å². The van der Waals surface area contributed by atoms with Crippen LogP contribution in [0.15, 0.2) is 53.1 Å². The highest BCUT2D eigenvalue weighted by Gasteiger charge is 2.25. The molecule has 1 aliphatic rings. The van der Waals surface area contributed by atoms with E-state index in [9.17, 15) is 0 Å². The van der Waals surface area contributed by atoms with Gasteiger partial charge < -0.3 is 15.5 Å². The topological polar surface area (TPSA) is 97.5 Å². The molecule has 8 nitrogen and oxygen atoms in total. The van der Waals surface area contributed by atoms with Crippen molar-refractivity contribution in [3.05, 3.63) is 59.3 Å². The molecule has 1 fully saturated rings. The quantitative estimate of drug-likeness (QED) is 0.488. The second-order valence-electron chi connectivity index (χ2n) is 7.42. The number of rotatable bonds is 6. The van der Waals surface area contributed by atoms with Gasteiger partial charge in [-0.05, 0) is 43.1 Å². The number of hydrogen-bond acceptors (Lipinski definition) is 7. The Morgan fingerprint density at radius 1 is 1.20 bits per heavy atom. The van der Waals surface area contributed by atoms with Gasteiger partial charge in [0.2, 0.25) is 11.8 Å². The van der Waals surface area contributed by atoms with E-state index < -0.39 is 0 Å². The molecule has 0 radical (unpaired) electrons. The Labute approximate surface area is 178 Å². The van der Waals surface area contributed by atoms with Crippen molar-refractivity contribution in [3.63, 3.8) is 0 Å². The number of halogens is 1. The largest absolute Gasteiger partial charge is 0.461 e. The third-order valence-corrected chi connectivity index (χ3v) is 5.81. The van der Waals surface area contributed by atoms with Crippen molar-refractivity contribution in [1.82, 2.24) is 24.5 Å². The highest BCUT2D eigenvalue weighted by atomic mass is 35.5.